The summed E-state index contributed by atoms with van der Waals surface area (Å²) >= 11 is 0. The molecular weight excluding hydrogens is 368 g/mol. The van der Waals surface area contributed by atoms with Gasteiger partial charge in [-0.1, -0.05) is 18.2 Å². The zero-order valence-electron chi connectivity index (χ0n) is 16.9. The van der Waals surface area contributed by atoms with Gasteiger partial charge in [-0.05, 0) is 53.4 Å². The number of amidine groups is 1. The van der Waals surface area contributed by atoms with Crippen LogP contribution in [-0.2, 0) is 4.74 Å². The summed E-state index contributed by atoms with van der Waals surface area (Å²) in [5, 5.41) is 12.6. The number of hydrogen-bond donors (Lipinski definition) is 0. The fourth-order valence-corrected chi connectivity index (χ4v) is 2.79. The Labute approximate surface area is 170 Å². The fourth-order valence-electron chi connectivity index (χ4n) is 2.79. The van der Waals surface area contributed by atoms with Gasteiger partial charge in [0.15, 0.2) is 0 Å². The van der Waals surface area contributed by atoms with Gasteiger partial charge in [0.25, 0.3) is 0 Å². The van der Waals surface area contributed by atoms with Crippen LogP contribution in [-0.4, -0.2) is 49.5 Å². The van der Waals surface area contributed by atoms with Gasteiger partial charge < -0.3 is 9.64 Å². The van der Waals surface area contributed by atoms with E-state index in [9.17, 15) is 4.79 Å². The maximum Gasteiger partial charge on any atom is 0.377 e. The van der Waals surface area contributed by atoms with E-state index in [2.05, 4.69) is 32.2 Å². The van der Waals surface area contributed by atoms with E-state index in [1.807, 2.05) is 56.4 Å². The van der Waals surface area contributed by atoms with Crippen molar-refractivity contribution in [1.82, 2.24) is 0 Å². The van der Waals surface area contributed by atoms with Crippen LogP contribution in [0.2, 0.25) is 0 Å². The average molecular weight is 393 g/mol. The number of esters is 1. The summed E-state index contributed by atoms with van der Waals surface area (Å²) in [5.41, 5.74) is 2.32. The Kier molecular flexibility index (Phi) is 6.78. The van der Waals surface area contributed by atoms with Crippen LogP contribution in [0.5, 0.6) is 0 Å². The fraction of sp³-hybridized carbons (Fsp3) is 0.333. The van der Waals surface area contributed by atoms with Crippen molar-refractivity contribution in [2.24, 2.45) is 20.3 Å². The molecule has 0 saturated heterocycles. The minimum atomic E-state index is -0.508. The van der Waals surface area contributed by atoms with Crippen molar-refractivity contribution in [2.45, 2.75) is 20.1 Å². The Hall–Kier alpha value is -3.42. The maximum atomic E-state index is 12.0. The first-order valence-electron chi connectivity index (χ1n) is 9.53. The van der Waals surface area contributed by atoms with Crippen LogP contribution < -0.4 is 4.90 Å². The molecule has 29 heavy (non-hydrogen) atoms. The molecule has 1 atom stereocenters. The van der Waals surface area contributed by atoms with Crippen LogP contribution in [0, 0.1) is 0 Å². The first kappa shape index (κ1) is 20.3. The lowest BCUT2D eigenvalue weighted by atomic mass is 10.2. The van der Waals surface area contributed by atoms with Crippen molar-refractivity contribution >= 4 is 23.2 Å². The van der Waals surface area contributed by atoms with Crippen LogP contribution in [0.1, 0.15) is 24.2 Å². The van der Waals surface area contributed by atoms with Crippen molar-refractivity contribution in [2.75, 3.05) is 31.6 Å². The molecule has 8 heteroatoms. The van der Waals surface area contributed by atoms with E-state index in [-0.39, 0.29) is 5.97 Å². The molecule has 0 N–H and O–H groups in total. The number of nitrogens with zero attached hydrogens (tertiary/aromatic N) is 6. The minimum Gasteiger partial charge on any atom is -0.460 e. The lowest BCUT2D eigenvalue weighted by Gasteiger charge is -2.22. The highest BCUT2D eigenvalue weighted by Crippen LogP contribution is 2.21. The summed E-state index contributed by atoms with van der Waals surface area (Å²) in [6.45, 7) is 5.66. The molecule has 1 unspecified atom stereocenters. The number of benzene rings is 2. The van der Waals surface area contributed by atoms with Gasteiger partial charge in [-0.2, -0.15) is 0 Å². The monoisotopic (exact) mass is 393 g/mol. The van der Waals surface area contributed by atoms with Crippen LogP contribution >= 0.6 is 0 Å². The Morgan fingerprint density at radius 1 is 1.17 bits per heavy atom. The zero-order valence-corrected chi connectivity index (χ0v) is 16.9. The maximum absolute atomic E-state index is 12.0. The van der Waals surface area contributed by atoms with Crippen LogP contribution in [0.15, 0.2) is 74.9 Å². The van der Waals surface area contributed by atoms with Gasteiger partial charge >= 0.3 is 18.1 Å². The molecule has 1 aliphatic rings. The largest absolute Gasteiger partial charge is 0.460 e. The van der Waals surface area contributed by atoms with Crippen LogP contribution in [0.25, 0.3) is 0 Å². The van der Waals surface area contributed by atoms with Crippen molar-refractivity contribution in [3.63, 3.8) is 0 Å². The summed E-state index contributed by atoms with van der Waals surface area (Å²) in [4.78, 5) is 18.4. The number of carbonyl (C=O) groups is 1. The first-order valence-corrected chi connectivity index (χ1v) is 9.53. The third kappa shape index (κ3) is 5.54. The van der Waals surface area contributed by atoms with Crippen LogP contribution in [0.3, 0.4) is 0 Å². The van der Waals surface area contributed by atoms with Crippen molar-refractivity contribution in [3.8, 4) is 0 Å². The first-order chi connectivity index (χ1) is 14.1. The highest BCUT2D eigenvalue weighted by Gasteiger charge is 2.23. The predicted molar refractivity (Wildman–Crippen MR) is 111 cm³/mol. The smallest absolute Gasteiger partial charge is 0.377 e. The second-order valence-corrected chi connectivity index (χ2v) is 6.48. The SMILES string of the molecule is CCN(CCOC(=O)c1ccccc1)c1ccc(N=NC2N=C(C)[N+](C)=N2)cc1. The normalized spacial score (nSPS) is 15.9. The number of hydrogen-bond acceptors (Lipinski definition) is 7. The summed E-state index contributed by atoms with van der Waals surface area (Å²) < 4.78 is 7.07. The second-order valence-electron chi connectivity index (χ2n) is 6.48. The molecule has 2 aromatic carbocycles. The molecule has 2 aromatic rings. The molecule has 1 aliphatic heterocycles. The lowest BCUT2D eigenvalue weighted by Crippen LogP contribution is -2.27. The predicted octanol–water partition coefficient (Wildman–Crippen LogP) is 4.26. The van der Waals surface area contributed by atoms with E-state index in [0.717, 1.165) is 23.8 Å². The molecule has 0 saturated carbocycles. The topological polar surface area (TPSA) is 82.0 Å². The van der Waals surface area contributed by atoms with E-state index in [0.29, 0.717) is 18.7 Å². The van der Waals surface area contributed by atoms with Gasteiger partial charge in [-0.3, -0.25) is 0 Å². The Morgan fingerprint density at radius 2 is 1.90 bits per heavy atom. The Bertz CT molecular complexity index is 904. The summed E-state index contributed by atoms with van der Waals surface area (Å²) in [5.74, 6) is 0.508. The molecule has 0 amide bonds. The number of aliphatic imine (C=N–C) groups is 1. The van der Waals surface area contributed by atoms with Gasteiger partial charge in [0.1, 0.15) is 13.7 Å². The number of carbonyl (C=O) groups excluding carboxylic acids is 1. The Balaban J connectivity index is 1.53. The van der Waals surface area contributed by atoms with Gasteiger partial charge in [-0.15, -0.1) is 14.9 Å². The standard InChI is InChI=1S/C21H25N6O2/c1-4-27(14-15-29-20(28)17-8-6-5-7-9-17)19-12-10-18(11-13-19)23-24-21-22-16(2)26(3)25-21/h5-13,21H,4,14-15H2,1-3H3/q+1. The Morgan fingerprint density at radius 3 is 2.52 bits per heavy atom. The highest BCUT2D eigenvalue weighted by atomic mass is 16.5. The summed E-state index contributed by atoms with van der Waals surface area (Å²) in [6.07, 6.45) is -0.508. The lowest BCUT2D eigenvalue weighted by molar-refractivity contribution is -0.446. The van der Waals surface area contributed by atoms with E-state index >= 15 is 0 Å². The van der Waals surface area contributed by atoms with Crippen molar-refractivity contribution in [1.29, 1.82) is 0 Å². The molecular formula is C21H25N6O2+. The molecule has 0 bridgehead atoms. The van der Waals surface area contributed by atoms with Crippen molar-refractivity contribution in [3.05, 3.63) is 60.2 Å². The number of anilines is 1. The molecule has 8 nitrogen and oxygen atoms in total. The highest BCUT2D eigenvalue weighted by molar-refractivity contribution is 5.89. The van der Waals surface area contributed by atoms with E-state index in [4.69, 9.17) is 4.74 Å². The summed E-state index contributed by atoms with van der Waals surface area (Å²) in [6, 6.07) is 16.7. The van der Waals surface area contributed by atoms with Gasteiger partial charge in [0, 0.05) is 19.2 Å². The molecule has 0 aliphatic carbocycles. The molecule has 0 spiro atoms. The molecule has 0 aromatic heterocycles. The van der Waals surface area contributed by atoms with Gasteiger partial charge in [0.05, 0.1) is 17.8 Å². The average Bonchev–Trinajstić information content (AvgIpc) is 3.08. The number of rotatable bonds is 8. The van der Waals surface area contributed by atoms with E-state index in [1.54, 1.807) is 16.8 Å². The van der Waals surface area contributed by atoms with Gasteiger partial charge in [-0.25, -0.2) is 4.79 Å². The molecule has 1 heterocycles. The zero-order chi connectivity index (χ0) is 20.6. The van der Waals surface area contributed by atoms with Gasteiger partial charge in [0.2, 0.25) is 0 Å². The van der Waals surface area contributed by atoms with E-state index in [1.165, 1.54) is 0 Å². The number of azo groups is 3. The third-order valence-electron chi connectivity index (χ3n) is 4.52. The minimum absolute atomic E-state index is 0.307. The van der Waals surface area contributed by atoms with E-state index < -0.39 is 6.29 Å². The number of likely N-dealkylation sites (N-methyl/N-ethyl adjacent to an activating group) is 1. The third-order valence-corrected chi connectivity index (χ3v) is 4.52. The molecule has 3 rings (SSSR count). The summed E-state index contributed by atoms with van der Waals surface area (Å²) in [7, 11) is 1.83. The second kappa shape index (κ2) is 9.68. The quantitative estimate of drug-likeness (QED) is 0.382. The number of ether oxygens (including phenoxy) is 1. The van der Waals surface area contributed by atoms with Crippen molar-refractivity contribution < 1.29 is 14.2 Å². The molecule has 0 fully saturated rings. The molecule has 0 radical (unpaired) electrons. The van der Waals surface area contributed by atoms with Crippen LogP contribution in [0.4, 0.5) is 11.4 Å². The molecule has 150 valence electrons.